The number of Topliss-reactive ketones (excluding diaryl/α,β-unsaturated/α-hetero) is 1. The second-order valence-corrected chi connectivity index (χ2v) is 7.27. The lowest BCUT2D eigenvalue weighted by Gasteiger charge is -2.14. The smallest absolute Gasteiger partial charge is 0.338 e. The largest absolute Gasteiger partial charge is 0.497 e. The van der Waals surface area contributed by atoms with Crippen molar-refractivity contribution in [3.8, 4) is 5.75 Å². The maximum atomic E-state index is 12.9. The summed E-state index contributed by atoms with van der Waals surface area (Å²) in [5.74, 6) is -1.50. The summed E-state index contributed by atoms with van der Waals surface area (Å²) in [5, 5.41) is 0. The first kappa shape index (κ1) is 21.0. The van der Waals surface area contributed by atoms with Gasteiger partial charge in [-0.05, 0) is 67.1 Å². The minimum absolute atomic E-state index is 0.0820. The van der Waals surface area contributed by atoms with Crippen LogP contribution in [0.3, 0.4) is 0 Å². The molecule has 2 amide bonds. The number of hydrogen-bond acceptors (Lipinski definition) is 6. The summed E-state index contributed by atoms with van der Waals surface area (Å²) in [7, 11) is 1.52. The fourth-order valence-corrected chi connectivity index (χ4v) is 3.44. The van der Waals surface area contributed by atoms with Crippen molar-refractivity contribution in [3.63, 3.8) is 0 Å². The number of benzene rings is 3. The summed E-state index contributed by atoms with van der Waals surface area (Å²) >= 11 is 0. The van der Waals surface area contributed by atoms with E-state index in [0.29, 0.717) is 17.0 Å². The molecule has 4 rings (SSSR count). The van der Waals surface area contributed by atoms with Crippen molar-refractivity contribution in [2.24, 2.45) is 0 Å². The molecule has 0 saturated carbocycles. The molecule has 7 heteroatoms. The normalized spacial score (nSPS) is 12.5. The fraction of sp³-hybridized carbons (Fsp3) is 0.120. The number of nitrogens with zero attached hydrogens (tertiary/aromatic N) is 1. The molecule has 0 saturated heterocycles. The third-order valence-electron chi connectivity index (χ3n) is 5.13. The second-order valence-electron chi connectivity index (χ2n) is 7.27. The van der Waals surface area contributed by atoms with E-state index in [4.69, 9.17) is 9.47 Å². The summed E-state index contributed by atoms with van der Waals surface area (Å²) in [5.41, 5.74) is 2.16. The second kappa shape index (κ2) is 8.47. The van der Waals surface area contributed by atoms with Gasteiger partial charge in [0.2, 0.25) is 0 Å². The molecule has 7 nitrogen and oxygen atoms in total. The van der Waals surface area contributed by atoms with Gasteiger partial charge in [0.1, 0.15) is 5.75 Å². The van der Waals surface area contributed by atoms with Crippen LogP contribution in [-0.4, -0.2) is 37.3 Å². The van der Waals surface area contributed by atoms with Crippen molar-refractivity contribution in [1.29, 1.82) is 0 Å². The lowest BCUT2D eigenvalue weighted by atomic mass is 10.1. The zero-order valence-electron chi connectivity index (χ0n) is 17.5. The Morgan fingerprint density at radius 2 is 1.53 bits per heavy atom. The molecule has 0 unspecified atom stereocenters. The molecule has 0 N–H and O–H groups in total. The van der Waals surface area contributed by atoms with Crippen LogP contribution in [0.5, 0.6) is 5.75 Å². The van der Waals surface area contributed by atoms with Crippen LogP contribution in [0.15, 0.2) is 66.7 Å². The number of esters is 1. The van der Waals surface area contributed by atoms with Gasteiger partial charge in [-0.25, -0.2) is 9.69 Å². The zero-order valence-corrected chi connectivity index (χ0v) is 17.5. The van der Waals surface area contributed by atoms with Gasteiger partial charge in [-0.3, -0.25) is 14.4 Å². The molecule has 1 aliphatic rings. The molecular weight excluding hydrogens is 410 g/mol. The van der Waals surface area contributed by atoms with Crippen LogP contribution < -0.4 is 9.64 Å². The van der Waals surface area contributed by atoms with E-state index in [1.807, 2.05) is 13.0 Å². The van der Waals surface area contributed by atoms with Crippen molar-refractivity contribution in [3.05, 3.63) is 94.5 Å². The number of aryl methyl sites for hydroxylation is 1. The maximum absolute atomic E-state index is 12.9. The number of carbonyl (C=O) groups is 4. The third-order valence-corrected chi connectivity index (χ3v) is 5.13. The predicted octanol–water partition coefficient (Wildman–Crippen LogP) is 3.84. The SMILES string of the molecule is COc1ccc(C(=O)COC(=O)c2ccc3c(c2)C(=O)N(c2cccc(C)c2)C3=O)cc1. The number of methoxy groups -OCH3 is 1. The van der Waals surface area contributed by atoms with E-state index >= 15 is 0 Å². The third kappa shape index (κ3) is 3.88. The molecule has 0 radical (unpaired) electrons. The summed E-state index contributed by atoms with van der Waals surface area (Å²) in [6, 6.07) is 17.6. The number of ketones is 1. The Morgan fingerprint density at radius 3 is 2.22 bits per heavy atom. The Kier molecular flexibility index (Phi) is 5.55. The summed E-state index contributed by atoms with van der Waals surface area (Å²) in [6.45, 7) is 1.41. The average molecular weight is 429 g/mol. The highest BCUT2D eigenvalue weighted by Gasteiger charge is 2.37. The van der Waals surface area contributed by atoms with E-state index in [0.717, 1.165) is 10.5 Å². The molecule has 3 aromatic carbocycles. The first-order valence-corrected chi connectivity index (χ1v) is 9.83. The summed E-state index contributed by atoms with van der Waals surface area (Å²) in [4.78, 5) is 51.4. The van der Waals surface area contributed by atoms with E-state index < -0.39 is 24.4 Å². The van der Waals surface area contributed by atoms with Gasteiger partial charge < -0.3 is 9.47 Å². The fourth-order valence-electron chi connectivity index (χ4n) is 3.44. The van der Waals surface area contributed by atoms with Crippen molar-refractivity contribution in [1.82, 2.24) is 0 Å². The summed E-state index contributed by atoms with van der Waals surface area (Å²) in [6.07, 6.45) is 0. The Hall–Kier alpha value is -4.26. The number of rotatable bonds is 6. The quantitative estimate of drug-likeness (QED) is 0.336. The van der Waals surface area contributed by atoms with Gasteiger partial charge in [-0.1, -0.05) is 12.1 Å². The first-order valence-electron chi connectivity index (χ1n) is 9.83. The number of carbonyl (C=O) groups excluding carboxylic acids is 4. The highest BCUT2D eigenvalue weighted by Crippen LogP contribution is 2.29. The Morgan fingerprint density at radius 1 is 0.844 bits per heavy atom. The van der Waals surface area contributed by atoms with Crippen LogP contribution in [-0.2, 0) is 4.74 Å². The molecule has 1 aliphatic heterocycles. The molecule has 1 heterocycles. The minimum Gasteiger partial charge on any atom is -0.497 e. The maximum Gasteiger partial charge on any atom is 0.338 e. The number of amides is 2. The van der Waals surface area contributed by atoms with Crippen molar-refractivity contribution in [2.45, 2.75) is 6.92 Å². The Labute approximate surface area is 184 Å². The van der Waals surface area contributed by atoms with E-state index in [1.165, 1.54) is 25.3 Å². The molecule has 0 atom stereocenters. The van der Waals surface area contributed by atoms with Crippen LogP contribution in [0.4, 0.5) is 5.69 Å². The highest BCUT2D eigenvalue weighted by molar-refractivity contribution is 6.34. The van der Waals surface area contributed by atoms with Crippen molar-refractivity contribution >= 4 is 29.3 Å². The molecule has 0 aromatic heterocycles. The van der Waals surface area contributed by atoms with Gasteiger partial charge in [0.05, 0.1) is 29.5 Å². The molecule has 0 bridgehead atoms. The van der Waals surface area contributed by atoms with Gasteiger partial charge in [0.15, 0.2) is 12.4 Å². The predicted molar refractivity (Wildman–Crippen MR) is 116 cm³/mol. The topological polar surface area (TPSA) is 90.0 Å². The monoisotopic (exact) mass is 429 g/mol. The highest BCUT2D eigenvalue weighted by atomic mass is 16.5. The number of fused-ring (bicyclic) bond motifs is 1. The molecule has 32 heavy (non-hydrogen) atoms. The van der Waals surface area contributed by atoms with E-state index in [-0.39, 0.29) is 22.5 Å². The number of imide groups is 1. The van der Waals surface area contributed by atoms with Gasteiger partial charge in [0.25, 0.3) is 11.8 Å². The van der Waals surface area contributed by atoms with Crippen LogP contribution in [0.2, 0.25) is 0 Å². The molecule has 0 aliphatic carbocycles. The van der Waals surface area contributed by atoms with Crippen LogP contribution in [0.1, 0.15) is 47.0 Å². The average Bonchev–Trinajstić information content (AvgIpc) is 3.06. The van der Waals surface area contributed by atoms with E-state index in [9.17, 15) is 19.2 Å². The van der Waals surface area contributed by atoms with Gasteiger partial charge in [-0.2, -0.15) is 0 Å². The number of ether oxygens (including phenoxy) is 2. The summed E-state index contributed by atoms with van der Waals surface area (Å²) < 4.78 is 10.2. The molecule has 160 valence electrons. The van der Waals surface area contributed by atoms with Crippen LogP contribution >= 0.6 is 0 Å². The van der Waals surface area contributed by atoms with Gasteiger partial charge in [-0.15, -0.1) is 0 Å². The van der Waals surface area contributed by atoms with Crippen LogP contribution in [0, 0.1) is 6.92 Å². The first-order chi connectivity index (χ1) is 15.4. The lowest BCUT2D eigenvalue weighted by molar-refractivity contribution is 0.0474. The van der Waals surface area contributed by atoms with Crippen molar-refractivity contribution in [2.75, 3.05) is 18.6 Å². The van der Waals surface area contributed by atoms with Gasteiger partial charge in [0, 0.05) is 5.56 Å². The minimum atomic E-state index is -0.760. The molecule has 0 spiro atoms. The number of hydrogen-bond donors (Lipinski definition) is 0. The molecule has 3 aromatic rings. The van der Waals surface area contributed by atoms with E-state index in [1.54, 1.807) is 42.5 Å². The van der Waals surface area contributed by atoms with Crippen molar-refractivity contribution < 1.29 is 28.7 Å². The standard InChI is InChI=1S/C25H19NO6/c1-15-4-3-5-18(12-15)26-23(28)20-11-8-17(13-21(20)24(26)29)25(30)32-14-22(27)16-6-9-19(31-2)10-7-16/h3-13H,14H2,1-2H3. The molecule has 0 fully saturated rings. The lowest BCUT2D eigenvalue weighted by Crippen LogP contribution is -2.29. The zero-order chi connectivity index (χ0) is 22.8. The van der Waals surface area contributed by atoms with Crippen LogP contribution in [0.25, 0.3) is 0 Å². The number of anilines is 1. The van der Waals surface area contributed by atoms with E-state index in [2.05, 4.69) is 0 Å². The Balaban J connectivity index is 1.49. The Bertz CT molecular complexity index is 1250. The molecular formula is C25H19NO6. The van der Waals surface area contributed by atoms with Gasteiger partial charge >= 0.3 is 5.97 Å².